The molecule has 0 radical (unpaired) electrons. The zero-order chi connectivity index (χ0) is 7.56. The summed E-state index contributed by atoms with van der Waals surface area (Å²) in [7, 11) is 5.82. The van der Waals surface area contributed by atoms with E-state index in [0.717, 1.165) is 6.61 Å². The Morgan fingerprint density at radius 3 is 2.60 bits per heavy atom. The fourth-order valence-electron chi connectivity index (χ4n) is 1.04. The topological polar surface area (TPSA) is 15.7 Å². The highest BCUT2D eigenvalue weighted by molar-refractivity contribution is 7.47. The Morgan fingerprint density at radius 2 is 2.20 bits per heavy atom. The van der Waals surface area contributed by atoms with E-state index in [2.05, 4.69) is 30.5 Å². The summed E-state index contributed by atoms with van der Waals surface area (Å²) < 4.78 is 9.99. The van der Waals surface area contributed by atoms with E-state index in [-0.39, 0.29) is 0 Å². The number of hydrogen-bond donors (Lipinski definition) is 0. The first kappa shape index (κ1) is 8.41. The Balaban J connectivity index is 2.40. The molecule has 1 saturated heterocycles. The molecule has 0 aromatic carbocycles. The van der Waals surface area contributed by atoms with E-state index in [1.165, 1.54) is 13.0 Å². The van der Waals surface area contributed by atoms with E-state index in [4.69, 9.17) is 4.52 Å². The minimum atomic E-state index is -0.425. The van der Waals surface area contributed by atoms with Gasteiger partial charge in [-0.3, -0.25) is 9.34 Å². The summed E-state index contributed by atoms with van der Waals surface area (Å²) in [5.74, 6) is 0. The van der Waals surface area contributed by atoms with Crippen LogP contribution in [0.25, 0.3) is 0 Å². The zero-order valence-corrected chi connectivity index (χ0v) is 7.77. The molecule has 4 heteroatoms. The van der Waals surface area contributed by atoms with Crippen LogP contribution in [0.3, 0.4) is 0 Å². The fraction of sp³-hybridized carbons (Fsp3) is 1.00. The highest BCUT2D eigenvalue weighted by Gasteiger charge is 2.21. The lowest BCUT2D eigenvalue weighted by molar-refractivity contribution is 0.236. The summed E-state index contributed by atoms with van der Waals surface area (Å²) in [6.45, 7) is 2.10. The number of hydrogen-bond acceptors (Lipinski definition) is 3. The van der Waals surface area contributed by atoms with Gasteiger partial charge < -0.3 is 4.52 Å². The molecule has 0 amide bonds. The molecule has 3 nitrogen and oxygen atoms in total. The first-order valence-corrected chi connectivity index (χ1v) is 4.69. The van der Waals surface area contributed by atoms with Crippen molar-refractivity contribution in [2.45, 2.75) is 6.42 Å². The lowest BCUT2D eigenvalue weighted by Gasteiger charge is -2.34. The van der Waals surface area contributed by atoms with Gasteiger partial charge in [0.2, 0.25) is 0 Å². The molecular weight excluding hydrogens is 147 g/mol. The van der Waals surface area contributed by atoms with Gasteiger partial charge in [0.15, 0.2) is 8.45 Å². The molecule has 0 aliphatic carbocycles. The van der Waals surface area contributed by atoms with Crippen LogP contribution >= 0.6 is 8.45 Å². The molecule has 0 spiro atoms. The Labute approximate surface area is 63.9 Å². The van der Waals surface area contributed by atoms with Crippen LogP contribution < -0.4 is 0 Å². The highest BCUT2D eigenvalue weighted by Crippen LogP contribution is 2.44. The van der Waals surface area contributed by atoms with Gasteiger partial charge >= 0.3 is 0 Å². The first-order chi connectivity index (χ1) is 4.72. The van der Waals surface area contributed by atoms with Crippen molar-refractivity contribution < 1.29 is 4.52 Å². The largest absolute Gasteiger partial charge is 0.331 e. The maximum Gasteiger partial charge on any atom is 0.187 e. The van der Waals surface area contributed by atoms with Crippen LogP contribution in [0.1, 0.15) is 6.42 Å². The normalized spacial score (nSPS) is 29.4. The van der Waals surface area contributed by atoms with Crippen molar-refractivity contribution in [2.24, 2.45) is 0 Å². The summed E-state index contributed by atoms with van der Waals surface area (Å²) in [6.07, 6.45) is 1.17. The molecular formula is C6H15N2OP. The van der Waals surface area contributed by atoms with E-state index in [1.807, 2.05) is 0 Å². The molecule has 0 N–H and O–H groups in total. The molecule has 10 heavy (non-hydrogen) atoms. The second-order valence-corrected chi connectivity index (χ2v) is 4.91. The number of rotatable bonds is 1. The predicted octanol–water partition coefficient (Wildman–Crippen LogP) is 1.13. The van der Waals surface area contributed by atoms with E-state index < -0.39 is 8.45 Å². The molecule has 1 atom stereocenters. The Kier molecular flexibility index (Phi) is 3.05. The van der Waals surface area contributed by atoms with Crippen LogP contribution in [0.5, 0.6) is 0 Å². The molecule has 1 aliphatic heterocycles. The average Bonchev–Trinajstić information content (AvgIpc) is 1.88. The minimum absolute atomic E-state index is 0.425. The second kappa shape index (κ2) is 3.63. The summed E-state index contributed by atoms with van der Waals surface area (Å²) in [5, 5.41) is 0. The van der Waals surface area contributed by atoms with E-state index in [1.54, 1.807) is 0 Å². The third kappa shape index (κ3) is 1.89. The zero-order valence-electron chi connectivity index (χ0n) is 6.87. The van der Waals surface area contributed by atoms with Gasteiger partial charge in [0.25, 0.3) is 0 Å². The average molecular weight is 162 g/mol. The summed E-state index contributed by atoms with van der Waals surface area (Å²) in [6, 6.07) is 0. The molecule has 1 aliphatic rings. The van der Waals surface area contributed by atoms with Crippen LogP contribution in [0.15, 0.2) is 0 Å². The van der Waals surface area contributed by atoms with Gasteiger partial charge in [-0.2, -0.15) is 0 Å². The van der Waals surface area contributed by atoms with Crippen LogP contribution in [-0.2, 0) is 4.52 Å². The molecule has 1 heterocycles. The Morgan fingerprint density at radius 1 is 1.50 bits per heavy atom. The summed E-state index contributed by atoms with van der Waals surface area (Å²) in [4.78, 5) is 0. The third-order valence-corrected chi connectivity index (χ3v) is 3.35. The van der Waals surface area contributed by atoms with Crippen LogP contribution in [-0.4, -0.2) is 43.6 Å². The van der Waals surface area contributed by atoms with Crippen LogP contribution in [0.2, 0.25) is 0 Å². The van der Waals surface area contributed by atoms with Crippen molar-refractivity contribution in [3.05, 3.63) is 0 Å². The van der Waals surface area contributed by atoms with Crippen LogP contribution in [0, 0.1) is 0 Å². The summed E-state index contributed by atoms with van der Waals surface area (Å²) >= 11 is 0. The predicted molar refractivity (Wildman–Crippen MR) is 43.8 cm³/mol. The van der Waals surface area contributed by atoms with Crippen molar-refractivity contribution in [3.8, 4) is 0 Å². The van der Waals surface area contributed by atoms with Gasteiger partial charge in [-0.15, -0.1) is 0 Å². The molecule has 0 bridgehead atoms. The lowest BCUT2D eigenvalue weighted by Crippen LogP contribution is -2.27. The van der Waals surface area contributed by atoms with Crippen molar-refractivity contribution in [1.29, 1.82) is 0 Å². The van der Waals surface area contributed by atoms with Gasteiger partial charge in [0, 0.05) is 6.54 Å². The van der Waals surface area contributed by atoms with Crippen molar-refractivity contribution in [2.75, 3.05) is 34.3 Å². The minimum Gasteiger partial charge on any atom is -0.331 e. The molecule has 1 rings (SSSR count). The molecule has 0 aromatic rings. The molecule has 0 saturated carbocycles. The maximum atomic E-state index is 5.57. The van der Waals surface area contributed by atoms with Crippen LogP contribution in [0.4, 0.5) is 0 Å². The van der Waals surface area contributed by atoms with Gasteiger partial charge in [-0.1, -0.05) is 0 Å². The van der Waals surface area contributed by atoms with Crippen molar-refractivity contribution in [1.82, 2.24) is 9.34 Å². The second-order valence-electron chi connectivity index (χ2n) is 2.67. The van der Waals surface area contributed by atoms with E-state index in [0.29, 0.717) is 0 Å². The summed E-state index contributed by atoms with van der Waals surface area (Å²) in [5.41, 5.74) is 0. The SMILES string of the molecule is CN(C)P1OCCCN1C. The standard InChI is InChI=1S/C6H15N2OP/c1-7(2)10-8(3)5-4-6-9-10/h4-6H2,1-3H3. The van der Waals surface area contributed by atoms with Crippen molar-refractivity contribution in [3.63, 3.8) is 0 Å². The van der Waals surface area contributed by atoms with Gasteiger partial charge in [-0.25, -0.2) is 0 Å². The molecule has 0 aromatic heterocycles. The first-order valence-electron chi connectivity index (χ1n) is 3.53. The highest BCUT2D eigenvalue weighted by atomic mass is 31.2. The monoisotopic (exact) mass is 162 g/mol. The quantitative estimate of drug-likeness (QED) is 0.537. The van der Waals surface area contributed by atoms with Gasteiger partial charge in [0.05, 0.1) is 6.61 Å². The fourth-order valence-corrected chi connectivity index (χ4v) is 2.69. The maximum absolute atomic E-state index is 5.57. The molecule has 1 unspecified atom stereocenters. The lowest BCUT2D eigenvalue weighted by atomic mass is 10.5. The van der Waals surface area contributed by atoms with Gasteiger partial charge in [0.1, 0.15) is 0 Å². The third-order valence-electron chi connectivity index (χ3n) is 1.47. The number of nitrogens with zero attached hydrogens (tertiary/aromatic N) is 2. The Hall–Kier alpha value is 0.310. The Bertz CT molecular complexity index is 110. The molecule has 60 valence electrons. The smallest absolute Gasteiger partial charge is 0.187 e. The molecule has 1 fully saturated rings. The van der Waals surface area contributed by atoms with Gasteiger partial charge in [-0.05, 0) is 27.6 Å². The van der Waals surface area contributed by atoms with E-state index >= 15 is 0 Å². The van der Waals surface area contributed by atoms with E-state index in [9.17, 15) is 0 Å². The van der Waals surface area contributed by atoms with Crippen molar-refractivity contribution >= 4 is 8.45 Å².